The Kier molecular flexibility index (Phi) is 2.95. The average Bonchev–Trinajstić information content (AvgIpc) is 3.08. The maximum absolute atomic E-state index is 5.93. The molecular weight excluding hydrogens is 246 g/mol. The molecule has 1 aliphatic rings. The molecule has 1 fully saturated rings. The van der Waals surface area contributed by atoms with Gasteiger partial charge in [-0.2, -0.15) is 16.3 Å². The van der Waals surface area contributed by atoms with Crippen LogP contribution in [0.15, 0.2) is 15.3 Å². The quantitative estimate of drug-likeness (QED) is 0.924. The standard InChI is InChI=1S/C13H17N3OS/c1-9-6-18-7-10(9)11-15-12(17-16-11)13(8-14)4-2-3-5-13/h6-7H,2-5,8,14H2,1H3. The molecule has 5 heteroatoms. The molecule has 96 valence electrons. The molecule has 0 bridgehead atoms. The van der Waals surface area contributed by atoms with Crippen LogP contribution in [-0.2, 0) is 5.41 Å². The van der Waals surface area contributed by atoms with Crippen LogP contribution < -0.4 is 5.73 Å². The molecule has 0 aliphatic heterocycles. The van der Waals surface area contributed by atoms with Gasteiger partial charge in [-0.25, -0.2) is 0 Å². The maximum Gasteiger partial charge on any atom is 0.234 e. The van der Waals surface area contributed by atoms with Gasteiger partial charge in [0.05, 0.1) is 5.41 Å². The van der Waals surface area contributed by atoms with Crippen molar-refractivity contribution < 1.29 is 4.52 Å². The van der Waals surface area contributed by atoms with Crippen molar-refractivity contribution in [2.75, 3.05) is 6.54 Å². The lowest BCUT2D eigenvalue weighted by atomic mass is 9.86. The van der Waals surface area contributed by atoms with E-state index < -0.39 is 0 Å². The van der Waals surface area contributed by atoms with Crippen molar-refractivity contribution in [2.45, 2.75) is 38.0 Å². The van der Waals surface area contributed by atoms with Crippen LogP contribution >= 0.6 is 11.3 Å². The number of aromatic nitrogens is 2. The Morgan fingerprint density at radius 3 is 2.78 bits per heavy atom. The topological polar surface area (TPSA) is 64.9 Å². The third-order valence-electron chi connectivity index (χ3n) is 3.93. The fourth-order valence-electron chi connectivity index (χ4n) is 2.69. The van der Waals surface area contributed by atoms with E-state index in [2.05, 4.69) is 27.8 Å². The van der Waals surface area contributed by atoms with Crippen molar-refractivity contribution in [1.82, 2.24) is 10.1 Å². The summed E-state index contributed by atoms with van der Waals surface area (Å²) in [4.78, 5) is 4.59. The zero-order chi connectivity index (χ0) is 12.6. The van der Waals surface area contributed by atoms with Gasteiger partial charge in [0, 0.05) is 17.5 Å². The van der Waals surface area contributed by atoms with E-state index in [1.165, 1.54) is 18.4 Å². The molecule has 2 aromatic heterocycles. The van der Waals surface area contributed by atoms with E-state index in [1.54, 1.807) is 11.3 Å². The molecular formula is C13H17N3OS. The summed E-state index contributed by atoms with van der Waals surface area (Å²) in [6.45, 7) is 2.66. The first-order valence-corrected chi connectivity index (χ1v) is 7.27. The normalized spacial score (nSPS) is 18.3. The summed E-state index contributed by atoms with van der Waals surface area (Å²) in [5, 5.41) is 8.28. The molecule has 2 N–H and O–H groups in total. The number of thiophene rings is 1. The number of aryl methyl sites for hydroxylation is 1. The molecule has 0 spiro atoms. The summed E-state index contributed by atoms with van der Waals surface area (Å²) in [6, 6.07) is 0. The van der Waals surface area contributed by atoms with Gasteiger partial charge >= 0.3 is 0 Å². The molecule has 1 saturated carbocycles. The summed E-state index contributed by atoms with van der Waals surface area (Å²) < 4.78 is 5.49. The Morgan fingerprint density at radius 1 is 1.39 bits per heavy atom. The molecule has 18 heavy (non-hydrogen) atoms. The molecule has 0 amide bonds. The van der Waals surface area contributed by atoms with Crippen LogP contribution in [0.3, 0.4) is 0 Å². The van der Waals surface area contributed by atoms with Crippen LogP contribution in [0.4, 0.5) is 0 Å². The predicted octanol–water partition coefficient (Wildman–Crippen LogP) is 2.88. The number of nitrogens with two attached hydrogens (primary N) is 1. The minimum absolute atomic E-state index is 0.0742. The number of hydrogen-bond acceptors (Lipinski definition) is 5. The van der Waals surface area contributed by atoms with Gasteiger partial charge in [0.15, 0.2) is 0 Å². The highest BCUT2D eigenvalue weighted by Crippen LogP contribution is 2.40. The Labute approximate surface area is 110 Å². The van der Waals surface area contributed by atoms with Crippen LogP contribution in [-0.4, -0.2) is 16.7 Å². The highest BCUT2D eigenvalue weighted by atomic mass is 32.1. The van der Waals surface area contributed by atoms with Gasteiger partial charge in [0.1, 0.15) is 0 Å². The molecule has 0 aromatic carbocycles. The average molecular weight is 263 g/mol. The summed E-state index contributed by atoms with van der Waals surface area (Å²) in [6.07, 6.45) is 4.53. The fourth-order valence-corrected chi connectivity index (χ4v) is 3.52. The number of nitrogens with zero attached hydrogens (tertiary/aromatic N) is 2. The second kappa shape index (κ2) is 4.48. The predicted molar refractivity (Wildman–Crippen MR) is 71.5 cm³/mol. The van der Waals surface area contributed by atoms with Gasteiger partial charge in [-0.1, -0.05) is 18.0 Å². The highest BCUT2D eigenvalue weighted by Gasteiger charge is 2.39. The second-order valence-electron chi connectivity index (χ2n) is 5.08. The van der Waals surface area contributed by atoms with Crippen LogP contribution in [0.25, 0.3) is 11.4 Å². The van der Waals surface area contributed by atoms with E-state index in [0.29, 0.717) is 12.4 Å². The molecule has 0 saturated heterocycles. The van der Waals surface area contributed by atoms with Gasteiger partial charge in [-0.3, -0.25) is 0 Å². The number of hydrogen-bond donors (Lipinski definition) is 1. The lowest BCUT2D eigenvalue weighted by Gasteiger charge is -2.21. The van der Waals surface area contributed by atoms with Gasteiger partial charge in [0.2, 0.25) is 11.7 Å². The monoisotopic (exact) mass is 263 g/mol. The molecule has 0 atom stereocenters. The number of rotatable bonds is 3. The van der Waals surface area contributed by atoms with Crippen LogP contribution in [0.2, 0.25) is 0 Å². The van der Waals surface area contributed by atoms with Gasteiger partial charge in [-0.15, -0.1) is 0 Å². The van der Waals surface area contributed by atoms with Gasteiger partial charge in [0.25, 0.3) is 0 Å². The third-order valence-corrected chi connectivity index (χ3v) is 4.79. The Bertz CT molecular complexity index is 540. The van der Waals surface area contributed by atoms with E-state index in [0.717, 1.165) is 24.3 Å². The summed E-state index contributed by atoms with van der Waals surface area (Å²) in [7, 11) is 0. The van der Waals surface area contributed by atoms with Crippen LogP contribution in [0.1, 0.15) is 37.1 Å². The van der Waals surface area contributed by atoms with E-state index in [1.807, 2.05) is 0 Å². The smallest absolute Gasteiger partial charge is 0.234 e. The third kappa shape index (κ3) is 1.78. The molecule has 0 unspecified atom stereocenters. The van der Waals surface area contributed by atoms with Crippen molar-refractivity contribution in [1.29, 1.82) is 0 Å². The molecule has 3 rings (SSSR count). The Morgan fingerprint density at radius 2 is 2.17 bits per heavy atom. The molecule has 2 aromatic rings. The highest BCUT2D eigenvalue weighted by molar-refractivity contribution is 7.08. The summed E-state index contributed by atoms with van der Waals surface area (Å²) >= 11 is 1.66. The van der Waals surface area contributed by atoms with Crippen molar-refractivity contribution in [3.8, 4) is 11.4 Å². The van der Waals surface area contributed by atoms with E-state index in [9.17, 15) is 0 Å². The Hall–Kier alpha value is -1.20. The lowest BCUT2D eigenvalue weighted by molar-refractivity contribution is 0.284. The lowest BCUT2D eigenvalue weighted by Crippen LogP contribution is -2.32. The molecule has 4 nitrogen and oxygen atoms in total. The van der Waals surface area contributed by atoms with Crippen molar-refractivity contribution >= 4 is 11.3 Å². The Balaban J connectivity index is 1.96. The van der Waals surface area contributed by atoms with Gasteiger partial charge < -0.3 is 10.3 Å². The maximum atomic E-state index is 5.93. The van der Waals surface area contributed by atoms with E-state index in [4.69, 9.17) is 10.3 Å². The molecule has 2 heterocycles. The zero-order valence-electron chi connectivity index (χ0n) is 10.5. The summed E-state index contributed by atoms with van der Waals surface area (Å²) in [5.41, 5.74) is 8.12. The minimum Gasteiger partial charge on any atom is -0.338 e. The molecule has 1 aliphatic carbocycles. The second-order valence-corrected chi connectivity index (χ2v) is 5.83. The van der Waals surface area contributed by atoms with E-state index >= 15 is 0 Å². The first-order chi connectivity index (χ1) is 8.75. The van der Waals surface area contributed by atoms with Crippen LogP contribution in [0, 0.1) is 6.92 Å². The molecule has 0 radical (unpaired) electrons. The van der Waals surface area contributed by atoms with Crippen LogP contribution in [0.5, 0.6) is 0 Å². The first-order valence-electron chi connectivity index (χ1n) is 6.33. The SMILES string of the molecule is Cc1cscc1-c1noc(C2(CN)CCCC2)n1. The zero-order valence-corrected chi connectivity index (χ0v) is 11.3. The largest absolute Gasteiger partial charge is 0.338 e. The summed E-state index contributed by atoms with van der Waals surface area (Å²) in [5.74, 6) is 1.42. The van der Waals surface area contributed by atoms with Crippen molar-refractivity contribution in [2.24, 2.45) is 5.73 Å². The van der Waals surface area contributed by atoms with Gasteiger partial charge in [-0.05, 0) is 30.7 Å². The minimum atomic E-state index is -0.0742. The van der Waals surface area contributed by atoms with Crippen molar-refractivity contribution in [3.05, 3.63) is 22.2 Å². The van der Waals surface area contributed by atoms with E-state index in [-0.39, 0.29) is 5.41 Å². The fraction of sp³-hybridized carbons (Fsp3) is 0.538. The van der Waals surface area contributed by atoms with Crippen molar-refractivity contribution in [3.63, 3.8) is 0 Å². The first kappa shape index (κ1) is 11.9.